The van der Waals surface area contributed by atoms with Gasteiger partial charge < -0.3 is 14.8 Å². The number of rotatable bonds is 5. The lowest BCUT2D eigenvalue weighted by Gasteiger charge is -2.29. The minimum absolute atomic E-state index is 0.0728. The Labute approximate surface area is 230 Å². The minimum atomic E-state index is -0.552. The Morgan fingerprint density at radius 2 is 1.60 bits per heavy atom. The topological polar surface area (TPSA) is 64.6 Å². The lowest BCUT2D eigenvalue weighted by Crippen LogP contribution is -2.29. The van der Waals surface area contributed by atoms with Crippen LogP contribution >= 0.6 is 45.2 Å². The number of fused-ring (bicyclic) bond motifs is 2. The molecule has 0 aromatic heterocycles. The van der Waals surface area contributed by atoms with Crippen LogP contribution in [0.4, 0.5) is 0 Å². The molecular formula is C28H21I2NO4. The minimum Gasteiger partial charge on any atom is -0.487 e. The zero-order valence-electron chi connectivity index (χ0n) is 19.0. The van der Waals surface area contributed by atoms with Crippen LogP contribution < -0.4 is 10.1 Å². The van der Waals surface area contributed by atoms with Crippen LogP contribution in [0.3, 0.4) is 0 Å². The largest absolute Gasteiger partial charge is 0.487 e. The molecule has 0 radical (unpaired) electrons. The lowest BCUT2D eigenvalue weighted by atomic mass is 9.80. The molecule has 0 amide bonds. The van der Waals surface area contributed by atoms with Crippen molar-refractivity contribution in [3.63, 3.8) is 0 Å². The third kappa shape index (κ3) is 4.29. The molecule has 3 aromatic rings. The fourth-order valence-corrected chi connectivity index (χ4v) is 6.78. The van der Waals surface area contributed by atoms with Gasteiger partial charge in [-0.2, -0.15) is 0 Å². The summed E-state index contributed by atoms with van der Waals surface area (Å²) in [5.41, 5.74) is 5.88. The maximum atomic E-state index is 13.6. The predicted molar refractivity (Wildman–Crippen MR) is 151 cm³/mol. The standard InChI is InChI=1S/C28H21I2NO4/c1-15-22(28(33)34-2)23(24-25(31-15)18-10-6-7-11-19(18)26(24)32)17-12-20(29)27(21(30)13-17)35-14-16-8-4-3-5-9-16/h3-13,23,31H,14H2,1-2H3/t23-/m1/s1. The number of allylic oxidation sites excluding steroid dienone is 2. The lowest BCUT2D eigenvalue weighted by molar-refractivity contribution is -0.136. The first-order valence-corrected chi connectivity index (χ1v) is 13.2. The summed E-state index contributed by atoms with van der Waals surface area (Å²) in [6, 6.07) is 21.5. The Morgan fingerprint density at radius 1 is 0.971 bits per heavy atom. The molecule has 2 aliphatic rings. The van der Waals surface area contributed by atoms with Gasteiger partial charge in [0.05, 0.1) is 25.5 Å². The molecule has 35 heavy (non-hydrogen) atoms. The molecule has 0 spiro atoms. The van der Waals surface area contributed by atoms with E-state index in [0.29, 0.717) is 29.0 Å². The first-order valence-electron chi connectivity index (χ1n) is 11.0. The zero-order valence-corrected chi connectivity index (χ0v) is 23.3. The highest BCUT2D eigenvalue weighted by molar-refractivity contribution is 14.1. The molecule has 1 aliphatic heterocycles. The smallest absolute Gasteiger partial charge is 0.336 e. The molecule has 1 aliphatic carbocycles. The van der Waals surface area contributed by atoms with Gasteiger partial charge in [-0.15, -0.1) is 0 Å². The molecule has 0 saturated carbocycles. The highest BCUT2D eigenvalue weighted by atomic mass is 127. The van der Waals surface area contributed by atoms with E-state index in [0.717, 1.165) is 35.3 Å². The number of nitrogens with one attached hydrogen (secondary N) is 1. The van der Waals surface area contributed by atoms with Gasteiger partial charge in [-0.05, 0) is 75.4 Å². The summed E-state index contributed by atoms with van der Waals surface area (Å²) in [6.45, 7) is 2.30. The number of carbonyl (C=O) groups is 2. The molecule has 5 nitrogen and oxygen atoms in total. The summed E-state index contributed by atoms with van der Waals surface area (Å²) >= 11 is 4.51. The van der Waals surface area contributed by atoms with Crippen molar-refractivity contribution in [3.8, 4) is 5.75 Å². The second-order valence-electron chi connectivity index (χ2n) is 8.34. The molecule has 1 N–H and O–H groups in total. The number of hydrogen-bond acceptors (Lipinski definition) is 5. The van der Waals surface area contributed by atoms with E-state index in [-0.39, 0.29) is 5.78 Å². The van der Waals surface area contributed by atoms with E-state index in [9.17, 15) is 9.59 Å². The molecule has 0 saturated heterocycles. The van der Waals surface area contributed by atoms with Crippen molar-refractivity contribution in [3.05, 3.63) is 113 Å². The maximum absolute atomic E-state index is 13.6. The predicted octanol–water partition coefficient (Wildman–Crippen LogP) is 6.22. The number of esters is 1. The van der Waals surface area contributed by atoms with Crippen LogP contribution in [0.15, 0.2) is 83.6 Å². The van der Waals surface area contributed by atoms with Crippen LogP contribution in [-0.4, -0.2) is 18.9 Å². The number of carbonyl (C=O) groups excluding carboxylic acids is 2. The average Bonchev–Trinajstić information content (AvgIpc) is 3.14. The molecule has 0 fully saturated rings. The van der Waals surface area contributed by atoms with Crippen LogP contribution in [0.5, 0.6) is 5.75 Å². The Balaban J connectivity index is 1.59. The number of dihydropyridines is 1. The van der Waals surface area contributed by atoms with Gasteiger partial charge in [0, 0.05) is 28.3 Å². The van der Waals surface area contributed by atoms with Crippen molar-refractivity contribution in [1.82, 2.24) is 5.32 Å². The highest BCUT2D eigenvalue weighted by Gasteiger charge is 2.43. The summed E-state index contributed by atoms with van der Waals surface area (Å²) in [5.74, 6) is -0.298. The van der Waals surface area contributed by atoms with Crippen LogP contribution in [0.1, 0.15) is 39.9 Å². The van der Waals surface area contributed by atoms with Crippen molar-refractivity contribution >= 4 is 62.6 Å². The van der Waals surface area contributed by atoms with Gasteiger partial charge in [0.1, 0.15) is 12.4 Å². The summed E-state index contributed by atoms with van der Waals surface area (Å²) in [6.07, 6.45) is 0. The molecule has 1 heterocycles. The number of ether oxygens (including phenoxy) is 2. The number of ketones is 1. The first kappa shape index (κ1) is 24.1. The van der Waals surface area contributed by atoms with E-state index in [4.69, 9.17) is 9.47 Å². The van der Waals surface area contributed by atoms with E-state index < -0.39 is 11.9 Å². The van der Waals surface area contributed by atoms with Crippen molar-refractivity contribution in [2.75, 3.05) is 7.11 Å². The molecule has 7 heteroatoms. The third-order valence-electron chi connectivity index (χ3n) is 6.23. The van der Waals surface area contributed by atoms with Crippen LogP contribution in [0.2, 0.25) is 0 Å². The Kier molecular flexibility index (Phi) is 6.71. The molecule has 5 rings (SSSR count). The Bertz CT molecular complexity index is 1400. The van der Waals surface area contributed by atoms with Crippen molar-refractivity contribution < 1.29 is 19.1 Å². The second-order valence-corrected chi connectivity index (χ2v) is 10.7. The van der Waals surface area contributed by atoms with Crippen LogP contribution in [0, 0.1) is 7.14 Å². The van der Waals surface area contributed by atoms with E-state index in [2.05, 4.69) is 50.5 Å². The molecule has 3 aromatic carbocycles. The average molecular weight is 689 g/mol. The van der Waals surface area contributed by atoms with Crippen molar-refractivity contribution in [1.29, 1.82) is 0 Å². The quantitative estimate of drug-likeness (QED) is 0.255. The van der Waals surface area contributed by atoms with Gasteiger partial charge in [-0.3, -0.25) is 4.79 Å². The summed E-state index contributed by atoms with van der Waals surface area (Å²) in [5, 5.41) is 3.32. The molecule has 0 unspecified atom stereocenters. The summed E-state index contributed by atoms with van der Waals surface area (Å²) in [4.78, 5) is 26.5. The summed E-state index contributed by atoms with van der Waals surface area (Å²) < 4.78 is 13.1. The van der Waals surface area contributed by atoms with E-state index >= 15 is 0 Å². The third-order valence-corrected chi connectivity index (χ3v) is 7.84. The van der Waals surface area contributed by atoms with E-state index in [1.807, 2.05) is 73.7 Å². The molecule has 1 atom stereocenters. The van der Waals surface area contributed by atoms with Gasteiger partial charge in [0.15, 0.2) is 5.78 Å². The maximum Gasteiger partial charge on any atom is 0.336 e. The van der Waals surface area contributed by atoms with E-state index in [1.165, 1.54) is 7.11 Å². The molecule has 176 valence electrons. The Morgan fingerprint density at radius 3 is 2.26 bits per heavy atom. The van der Waals surface area contributed by atoms with Gasteiger partial charge in [0.2, 0.25) is 0 Å². The monoisotopic (exact) mass is 689 g/mol. The van der Waals surface area contributed by atoms with Crippen LogP contribution in [-0.2, 0) is 16.1 Å². The van der Waals surface area contributed by atoms with Gasteiger partial charge in [-0.25, -0.2) is 4.79 Å². The van der Waals surface area contributed by atoms with E-state index in [1.54, 1.807) is 0 Å². The van der Waals surface area contributed by atoms with Gasteiger partial charge >= 0.3 is 5.97 Å². The number of halogens is 2. The van der Waals surface area contributed by atoms with Crippen molar-refractivity contribution in [2.45, 2.75) is 19.4 Å². The number of methoxy groups -OCH3 is 1. The molecule has 0 bridgehead atoms. The normalized spacial score (nSPS) is 16.6. The zero-order chi connectivity index (χ0) is 24.7. The fourth-order valence-electron chi connectivity index (χ4n) is 4.66. The summed E-state index contributed by atoms with van der Waals surface area (Å²) in [7, 11) is 1.36. The van der Waals surface area contributed by atoms with Gasteiger partial charge in [0.25, 0.3) is 0 Å². The SMILES string of the molecule is COC(=O)C1=C(C)NC2=C(C(=O)c3ccccc32)[C@@H]1c1cc(I)c(OCc2ccccc2)c(I)c1. The molecular weight excluding hydrogens is 668 g/mol. The number of Topliss-reactive ketones (excluding diaryl/α,β-unsaturated/α-hetero) is 1. The van der Waals surface area contributed by atoms with Crippen molar-refractivity contribution in [2.24, 2.45) is 0 Å². The van der Waals surface area contributed by atoms with Crippen LogP contribution in [0.25, 0.3) is 5.70 Å². The highest BCUT2D eigenvalue weighted by Crippen LogP contribution is 2.47. The Hall–Kier alpha value is -2.66. The number of hydrogen-bond donors (Lipinski definition) is 1. The number of benzene rings is 3. The fraction of sp³-hybridized carbons (Fsp3) is 0.143. The second kappa shape index (κ2) is 9.77. The van der Waals surface area contributed by atoms with Gasteiger partial charge in [-0.1, -0.05) is 54.6 Å². The first-order chi connectivity index (χ1) is 16.9.